The molecular weight excluding hydrogens is 212 g/mol. The van der Waals surface area contributed by atoms with Crippen LogP contribution in [0.15, 0.2) is 24.3 Å². The fraction of sp³-hybridized carbons (Fsp3) is 0.364. The second-order valence-electron chi connectivity index (χ2n) is 3.62. The van der Waals surface area contributed by atoms with Crippen molar-refractivity contribution in [1.29, 1.82) is 0 Å². The van der Waals surface area contributed by atoms with Crippen molar-refractivity contribution in [3.05, 3.63) is 29.3 Å². The van der Waals surface area contributed by atoms with Gasteiger partial charge in [-0.3, -0.25) is 4.79 Å². The second-order valence-corrected chi connectivity index (χ2v) is 4.02. The fourth-order valence-electron chi connectivity index (χ4n) is 1.73. The van der Waals surface area contributed by atoms with Crippen molar-refractivity contribution in [3.8, 4) is 0 Å². The van der Waals surface area contributed by atoms with Gasteiger partial charge in [0.1, 0.15) is 0 Å². The van der Waals surface area contributed by atoms with E-state index >= 15 is 0 Å². The predicted molar refractivity (Wildman–Crippen MR) is 61.3 cm³/mol. The normalized spacial score (nSPS) is 21.9. The van der Waals surface area contributed by atoms with E-state index in [0.717, 1.165) is 12.2 Å². The Labute approximate surface area is 94.0 Å². The molecule has 2 rings (SSSR count). The molecule has 4 heteroatoms. The number of benzene rings is 1. The summed E-state index contributed by atoms with van der Waals surface area (Å²) < 4.78 is 0. The van der Waals surface area contributed by atoms with Gasteiger partial charge in [0, 0.05) is 13.1 Å². The fourth-order valence-corrected chi connectivity index (χ4v) is 1.97. The number of para-hydroxylation sites is 1. The minimum atomic E-state index is -0.130. The Morgan fingerprint density at radius 3 is 2.93 bits per heavy atom. The number of rotatable bonds is 1. The first-order valence-corrected chi connectivity index (χ1v) is 5.37. The molecular formula is C11H13ClN2O. The van der Waals surface area contributed by atoms with E-state index < -0.39 is 0 Å². The topological polar surface area (TPSA) is 32.3 Å². The van der Waals surface area contributed by atoms with Crippen LogP contribution in [0.4, 0.5) is 5.69 Å². The van der Waals surface area contributed by atoms with E-state index in [2.05, 4.69) is 5.32 Å². The molecule has 0 aromatic heterocycles. The molecule has 1 aliphatic heterocycles. The highest BCUT2D eigenvalue weighted by atomic mass is 35.5. The standard InChI is InChI=1S/C11H13ClN2O/c1-8-11(15)14(7-6-13-8)10-5-3-2-4-9(10)12/h2-5,8,13H,6-7H2,1H3/t8-/m0/s1. The maximum Gasteiger partial charge on any atom is 0.243 e. The van der Waals surface area contributed by atoms with Crippen LogP contribution in [0.25, 0.3) is 0 Å². The molecule has 0 aliphatic carbocycles. The number of anilines is 1. The number of hydrogen-bond donors (Lipinski definition) is 1. The summed E-state index contributed by atoms with van der Waals surface area (Å²) in [5.41, 5.74) is 0.803. The molecule has 1 aromatic rings. The Kier molecular flexibility index (Phi) is 2.93. The Morgan fingerprint density at radius 1 is 1.47 bits per heavy atom. The zero-order chi connectivity index (χ0) is 10.8. The van der Waals surface area contributed by atoms with Gasteiger partial charge >= 0.3 is 0 Å². The van der Waals surface area contributed by atoms with Crippen LogP contribution in [0.1, 0.15) is 6.92 Å². The molecule has 1 heterocycles. The minimum absolute atomic E-state index is 0.0781. The van der Waals surface area contributed by atoms with E-state index in [9.17, 15) is 4.79 Å². The molecule has 3 nitrogen and oxygen atoms in total. The van der Waals surface area contributed by atoms with Gasteiger partial charge in [-0.2, -0.15) is 0 Å². The van der Waals surface area contributed by atoms with Crippen LogP contribution in [0.3, 0.4) is 0 Å². The van der Waals surface area contributed by atoms with Crippen LogP contribution in [0.5, 0.6) is 0 Å². The number of amides is 1. The molecule has 1 atom stereocenters. The number of nitrogens with zero attached hydrogens (tertiary/aromatic N) is 1. The van der Waals surface area contributed by atoms with Gasteiger partial charge in [-0.05, 0) is 19.1 Å². The Balaban J connectivity index is 2.30. The summed E-state index contributed by atoms with van der Waals surface area (Å²) in [6.07, 6.45) is 0. The molecule has 0 radical (unpaired) electrons. The van der Waals surface area contributed by atoms with Crippen molar-refractivity contribution in [2.45, 2.75) is 13.0 Å². The lowest BCUT2D eigenvalue weighted by Gasteiger charge is -2.32. The molecule has 0 saturated carbocycles. The van der Waals surface area contributed by atoms with Crippen LogP contribution >= 0.6 is 11.6 Å². The maximum atomic E-state index is 11.9. The lowest BCUT2D eigenvalue weighted by atomic mass is 10.2. The summed E-state index contributed by atoms with van der Waals surface area (Å²) in [6.45, 7) is 3.34. The van der Waals surface area contributed by atoms with Crippen LogP contribution in [-0.4, -0.2) is 25.0 Å². The van der Waals surface area contributed by atoms with Crippen molar-refractivity contribution >= 4 is 23.2 Å². The first kappa shape index (κ1) is 10.5. The van der Waals surface area contributed by atoms with Gasteiger partial charge in [-0.15, -0.1) is 0 Å². The monoisotopic (exact) mass is 224 g/mol. The summed E-state index contributed by atoms with van der Waals surface area (Å²) in [7, 11) is 0. The second kappa shape index (κ2) is 4.21. The number of halogens is 1. The number of hydrogen-bond acceptors (Lipinski definition) is 2. The zero-order valence-corrected chi connectivity index (χ0v) is 9.29. The molecule has 15 heavy (non-hydrogen) atoms. The van der Waals surface area contributed by atoms with E-state index in [1.54, 1.807) is 11.0 Å². The Hall–Kier alpha value is -1.06. The number of carbonyl (C=O) groups is 1. The molecule has 80 valence electrons. The minimum Gasteiger partial charge on any atom is -0.308 e. The zero-order valence-electron chi connectivity index (χ0n) is 8.53. The molecule has 1 amide bonds. The third kappa shape index (κ3) is 1.98. The van der Waals surface area contributed by atoms with Gasteiger partial charge in [-0.25, -0.2) is 0 Å². The summed E-state index contributed by atoms with van der Waals surface area (Å²) in [6, 6.07) is 7.30. The summed E-state index contributed by atoms with van der Waals surface area (Å²) in [5.74, 6) is 0.0781. The molecule has 1 aromatic carbocycles. The van der Waals surface area contributed by atoms with Crippen LogP contribution in [0, 0.1) is 0 Å². The number of piperazine rings is 1. The van der Waals surface area contributed by atoms with Crippen molar-refractivity contribution in [1.82, 2.24) is 5.32 Å². The van der Waals surface area contributed by atoms with Gasteiger partial charge < -0.3 is 10.2 Å². The van der Waals surface area contributed by atoms with E-state index in [0.29, 0.717) is 11.6 Å². The molecule has 1 fully saturated rings. The van der Waals surface area contributed by atoms with Crippen molar-refractivity contribution in [3.63, 3.8) is 0 Å². The highest BCUT2D eigenvalue weighted by molar-refractivity contribution is 6.33. The van der Waals surface area contributed by atoms with E-state index in [-0.39, 0.29) is 11.9 Å². The number of carbonyl (C=O) groups excluding carboxylic acids is 1. The smallest absolute Gasteiger partial charge is 0.243 e. The Bertz CT molecular complexity index is 381. The average molecular weight is 225 g/mol. The van der Waals surface area contributed by atoms with Gasteiger partial charge in [0.2, 0.25) is 5.91 Å². The van der Waals surface area contributed by atoms with Gasteiger partial charge in [0.05, 0.1) is 16.8 Å². The van der Waals surface area contributed by atoms with Crippen LogP contribution < -0.4 is 10.2 Å². The molecule has 1 N–H and O–H groups in total. The summed E-state index contributed by atoms with van der Waals surface area (Å²) >= 11 is 6.06. The predicted octanol–water partition coefficient (Wildman–Crippen LogP) is 1.66. The average Bonchev–Trinajstić information content (AvgIpc) is 2.23. The molecule has 0 unspecified atom stereocenters. The van der Waals surface area contributed by atoms with Gasteiger partial charge in [0.25, 0.3) is 0 Å². The van der Waals surface area contributed by atoms with Crippen LogP contribution in [0.2, 0.25) is 5.02 Å². The lowest BCUT2D eigenvalue weighted by molar-refractivity contribution is -0.121. The molecule has 0 bridgehead atoms. The molecule has 1 saturated heterocycles. The van der Waals surface area contributed by atoms with Crippen molar-refractivity contribution in [2.75, 3.05) is 18.0 Å². The van der Waals surface area contributed by atoms with Gasteiger partial charge in [-0.1, -0.05) is 23.7 Å². The first-order valence-electron chi connectivity index (χ1n) is 4.99. The van der Waals surface area contributed by atoms with E-state index in [1.165, 1.54) is 0 Å². The highest BCUT2D eigenvalue weighted by Gasteiger charge is 2.26. The van der Waals surface area contributed by atoms with Crippen molar-refractivity contribution < 1.29 is 4.79 Å². The SMILES string of the molecule is C[C@@H]1NCCN(c2ccccc2Cl)C1=O. The Morgan fingerprint density at radius 2 is 2.20 bits per heavy atom. The number of nitrogens with one attached hydrogen (secondary N) is 1. The van der Waals surface area contributed by atoms with Crippen LogP contribution in [-0.2, 0) is 4.79 Å². The van der Waals surface area contributed by atoms with Gasteiger partial charge in [0.15, 0.2) is 0 Å². The summed E-state index contributed by atoms with van der Waals surface area (Å²) in [4.78, 5) is 13.6. The maximum absolute atomic E-state index is 11.9. The largest absolute Gasteiger partial charge is 0.308 e. The third-order valence-electron chi connectivity index (χ3n) is 2.57. The first-order chi connectivity index (χ1) is 7.20. The summed E-state index contributed by atoms with van der Waals surface area (Å²) in [5, 5.41) is 3.74. The molecule has 0 spiro atoms. The highest BCUT2D eigenvalue weighted by Crippen LogP contribution is 2.26. The van der Waals surface area contributed by atoms with E-state index in [4.69, 9.17) is 11.6 Å². The quantitative estimate of drug-likeness (QED) is 0.787. The van der Waals surface area contributed by atoms with E-state index in [1.807, 2.05) is 25.1 Å². The molecule has 1 aliphatic rings. The van der Waals surface area contributed by atoms with Crippen molar-refractivity contribution in [2.24, 2.45) is 0 Å². The third-order valence-corrected chi connectivity index (χ3v) is 2.89. The lowest BCUT2D eigenvalue weighted by Crippen LogP contribution is -2.53.